The predicted octanol–water partition coefficient (Wildman–Crippen LogP) is 5.01. The number of pyridine rings is 1. The van der Waals surface area contributed by atoms with Crippen molar-refractivity contribution in [3.05, 3.63) is 65.5 Å². The summed E-state index contributed by atoms with van der Waals surface area (Å²) in [5, 5.41) is 3.27. The maximum absolute atomic E-state index is 14.2. The molecule has 31 heavy (non-hydrogen) atoms. The molecule has 6 heteroatoms. The SMILES string of the molecule is O=C(CC1CCCC1)N[C@H](c1ccccn1)[C@H]1CCCN(Cc2cccc(F)c2F)C1. The number of piperidine rings is 1. The zero-order valence-corrected chi connectivity index (χ0v) is 17.9. The highest BCUT2D eigenvalue weighted by Gasteiger charge is 2.31. The van der Waals surface area contributed by atoms with E-state index in [2.05, 4.69) is 15.2 Å². The molecular formula is C25H31F2N3O. The monoisotopic (exact) mass is 427 g/mol. The van der Waals surface area contributed by atoms with Crippen molar-refractivity contribution in [3.63, 3.8) is 0 Å². The lowest BCUT2D eigenvalue weighted by Gasteiger charge is -2.37. The molecule has 1 aliphatic heterocycles. The Kier molecular flexibility index (Phi) is 7.28. The standard InChI is InChI=1S/C25H31F2N3O/c26-21-11-5-9-19(24(21)27)16-30-14-6-10-20(17-30)25(22-12-3-4-13-28-22)29-23(31)15-18-7-1-2-8-18/h3-5,9,11-13,18,20,25H,1-2,6-8,10,14-17H2,(H,29,31)/t20-,25-/m0/s1. The minimum atomic E-state index is -0.809. The second-order valence-corrected chi connectivity index (χ2v) is 9.00. The van der Waals surface area contributed by atoms with Gasteiger partial charge in [0.25, 0.3) is 0 Å². The predicted molar refractivity (Wildman–Crippen MR) is 116 cm³/mol. The maximum Gasteiger partial charge on any atom is 0.220 e. The fraction of sp³-hybridized carbons (Fsp3) is 0.520. The zero-order chi connectivity index (χ0) is 21.6. The van der Waals surface area contributed by atoms with Gasteiger partial charge in [0.1, 0.15) is 0 Å². The number of benzene rings is 1. The van der Waals surface area contributed by atoms with E-state index in [1.165, 1.54) is 12.8 Å². The van der Waals surface area contributed by atoms with Crippen molar-refractivity contribution in [1.29, 1.82) is 0 Å². The number of amides is 1. The van der Waals surface area contributed by atoms with Crippen LogP contribution in [0.25, 0.3) is 0 Å². The molecule has 0 unspecified atom stereocenters. The molecule has 2 atom stereocenters. The quantitative estimate of drug-likeness (QED) is 0.676. The molecule has 4 nitrogen and oxygen atoms in total. The summed E-state index contributed by atoms with van der Waals surface area (Å²) in [6, 6.07) is 9.95. The first-order valence-corrected chi connectivity index (χ1v) is 11.5. The van der Waals surface area contributed by atoms with Gasteiger partial charge in [0.2, 0.25) is 5.91 Å². The molecule has 1 saturated heterocycles. The second-order valence-electron chi connectivity index (χ2n) is 9.00. The molecule has 1 aliphatic carbocycles. The van der Waals surface area contributed by atoms with Crippen molar-refractivity contribution in [2.45, 2.75) is 57.5 Å². The zero-order valence-electron chi connectivity index (χ0n) is 17.9. The third kappa shape index (κ3) is 5.67. The van der Waals surface area contributed by atoms with E-state index in [-0.39, 0.29) is 17.9 Å². The number of halogens is 2. The Labute approximate surface area is 183 Å². The van der Waals surface area contributed by atoms with Crippen molar-refractivity contribution in [2.24, 2.45) is 11.8 Å². The number of nitrogens with zero attached hydrogens (tertiary/aromatic N) is 2. The Hall–Kier alpha value is -2.34. The number of rotatable bonds is 7. The van der Waals surface area contributed by atoms with Crippen LogP contribution in [-0.4, -0.2) is 28.9 Å². The number of hydrogen-bond donors (Lipinski definition) is 1. The molecule has 0 spiro atoms. The Morgan fingerprint density at radius 3 is 2.71 bits per heavy atom. The Morgan fingerprint density at radius 1 is 1.10 bits per heavy atom. The van der Waals surface area contributed by atoms with E-state index >= 15 is 0 Å². The highest BCUT2D eigenvalue weighted by Crippen LogP contribution is 2.32. The average Bonchev–Trinajstić information content (AvgIpc) is 3.29. The lowest BCUT2D eigenvalue weighted by Crippen LogP contribution is -2.43. The molecule has 2 aliphatic rings. The van der Waals surface area contributed by atoms with Gasteiger partial charge in [0, 0.05) is 31.3 Å². The highest BCUT2D eigenvalue weighted by atomic mass is 19.2. The number of carbonyl (C=O) groups is 1. The van der Waals surface area contributed by atoms with Gasteiger partial charge in [-0.2, -0.15) is 0 Å². The summed E-state index contributed by atoms with van der Waals surface area (Å²) in [5.41, 5.74) is 1.24. The Balaban J connectivity index is 1.46. The first-order chi connectivity index (χ1) is 15.1. The van der Waals surface area contributed by atoms with Crippen molar-refractivity contribution < 1.29 is 13.6 Å². The molecule has 1 saturated carbocycles. The van der Waals surface area contributed by atoms with Crippen LogP contribution < -0.4 is 5.32 Å². The van der Waals surface area contributed by atoms with Gasteiger partial charge in [-0.1, -0.05) is 31.0 Å². The normalized spacial score (nSPS) is 21.2. The first kappa shape index (κ1) is 21.9. The van der Waals surface area contributed by atoms with Crippen LogP contribution in [0.4, 0.5) is 8.78 Å². The van der Waals surface area contributed by atoms with Crippen LogP contribution in [0.2, 0.25) is 0 Å². The molecule has 2 heterocycles. The van der Waals surface area contributed by atoms with Crippen LogP contribution >= 0.6 is 0 Å². The third-order valence-electron chi connectivity index (χ3n) is 6.71. The van der Waals surface area contributed by atoms with Crippen LogP contribution in [-0.2, 0) is 11.3 Å². The minimum Gasteiger partial charge on any atom is -0.347 e. The number of carbonyl (C=O) groups excluding carboxylic acids is 1. The van der Waals surface area contributed by atoms with Crippen LogP contribution in [0.5, 0.6) is 0 Å². The van der Waals surface area contributed by atoms with E-state index in [1.807, 2.05) is 18.2 Å². The summed E-state index contributed by atoms with van der Waals surface area (Å²) in [6.07, 6.45) is 8.96. The van der Waals surface area contributed by atoms with Gasteiger partial charge < -0.3 is 5.32 Å². The van der Waals surface area contributed by atoms with E-state index < -0.39 is 11.6 Å². The van der Waals surface area contributed by atoms with E-state index in [0.717, 1.165) is 44.0 Å². The lowest BCUT2D eigenvalue weighted by atomic mass is 9.87. The molecule has 0 radical (unpaired) electrons. The van der Waals surface area contributed by atoms with Crippen molar-refractivity contribution >= 4 is 5.91 Å². The number of hydrogen-bond acceptors (Lipinski definition) is 3. The molecule has 1 aromatic heterocycles. The summed E-state index contributed by atoms with van der Waals surface area (Å²) in [5.74, 6) is -0.820. The number of likely N-dealkylation sites (tertiary alicyclic amines) is 1. The summed E-state index contributed by atoms with van der Waals surface area (Å²) in [4.78, 5) is 19.5. The van der Waals surface area contributed by atoms with Crippen molar-refractivity contribution in [2.75, 3.05) is 13.1 Å². The fourth-order valence-corrected chi connectivity index (χ4v) is 5.12. The van der Waals surface area contributed by atoms with Crippen LogP contribution in [0.3, 0.4) is 0 Å². The van der Waals surface area contributed by atoms with E-state index in [1.54, 1.807) is 18.3 Å². The van der Waals surface area contributed by atoms with E-state index in [9.17, 15) is 13.6 Å². The Morgan fingerprint density at radius 2 is 1.94 bits per heavy atom. The van der Waals surface area contributed by atoms with Gasteiger partial charge in [0.15, 0.2) is 11.6 Å². The lowest BCUT2D eigenvalue weighted by molar-refractivity contribution is -0.123. The fourth-order valence-electron chi connectivity index (χ4n) is 5.12. The summed E-state index contributed by atoms with van der Waals surface area (Å²) < 4.78 is 27.8. The van der Waals surface area contributed by atoms with Gasteiger partial charge in [-0.15, -0.1) is 0 Å². The minimum absolute atomic E-state index is 0.0934. The average molecular weight is 428 g/mol. The summed E-state index contributed by atoms with van der Waals surface area (Å²) >= 11 is 0. The number of nitrogens with one attached hydrogen (secondary N) is 1. The van der Waals surface area contributed by atoms with Gasteiger partial charge in [-0.25, -0.2) is 8.78 Å². The largest absolute Gasteiger partial charge is 0.347 e. The Bertz CT molecular complexity index is 870. The molecule has 1 N–H and O–H groups in total. The molecular weight excluding hydrogens is 396 g/mol. The van der Waals surface area contributed by atoms with Crippen LogP contribution in [0.15, 0.2) is 42.6 Å². The molecule has 2 aromatic rings. The van der Waals surface area contributed by atoms with Gasteiger partial charge in [-0.05, 0) is 62.3 Å². The molecule has 166 valence electrons. The third-order valence-corrected chi connectivity index (χ3v) is 6.71. The molecule has 1 amide bonds. The molecule has 2 fully saturated rings. The molecule has 1 aromatic carbocycles. The topological polar surface area (TPSA) is 45.2 Å². The van der Waals surface area contributed by atoms with Crippen molar-refractivity contribution in [1.82, 2.24) is 15.2 Å². The van der Waals surface area contributed by atoms with Gasteiger partial charge in [0.05, 0.1) is 11.7 Å². The van der Waals surface area contributed by atoms with Gasteiger partial charge >= 0.3 is 0 Å². The van der Waals surface area contributed by atoms with Crippen LogP contribution in [0.1, 0.15) is 62.2 Å². The van der Waals surface area contributed by atoms with Crippen molar-refractivity contribution in [3.8, 4) is 0 Å². The number of aromatic nitrogens is 1. The van der Waals surface area contributed by atoms with E-state index in [4.69, 9.17) is 0 Å². The van der Waals surface area contributed by atoms with E-state index in [0.29, 0.717) is 31.0 Å². The smallest absolute Gasteiger partial charge is 0.220 e. The summed E-state index contributed by atoms with van der Waals surface area (Å²) in [7, 11) is 0. The van der Waals surface area contributed by atoms with Crippen LogP contribution in [0, 0.1) is 23.5 Å². The second kappa shape index (κ2) is 10.3. The molecule has 0 bridgehead atoms. The molecule has 4 rings (SSSR count). The van der Waals surface area contributed by atoms with Gasteiger partial charge in [-0.3, -0.25) is 14.7 Å². The first-order valence-electron chi connectivity index (χ1n) is 11.5. The summed E-state index contributed by atoms with van der Waals surface area (Å²) in [6.45, 7) is 1.91. The highest BCUT2D eigenvalue weighted by molar-refractivity contribution is 5.76. The maximum atomic E-state index is 14.2.